The third kappa shape index (κ3) is 2.51. The van der Waals surface area contributed by atoms with Gasteiger partial charge in [0, 0.05) is 6.42 Å². The van der Waals surface area contributed by atoms with Gasteiger partial charge in [-0.25, -0.2) is 0 Å². The average molecular weight is 294 g/mol. The van der Waals surface area contributed by atoms with Gasteiger partial charge >= 0.3 is 0 Å². The Morgan fingerprint density at radius 2 is 1.36 bits per heavy atom. The van der Waals surface area contributed by atoms with Crippen LogP contribution in [0.3, 0.4) is 0 Å². The second kappa shape index (κ2) is 5.70. The highest BCUT2D eigenvalue weighted by Gasteiger charge is 2.36. The molecular formula is C19H18O3. The number of aliphatic hydroxyl groups is 2. The molecule has 0 radical (unpaired) electrons. The number of hydrogen-bond acceptors (Lipinski definition) is 3. The molecule has 0 fully saturated rings. The van der Waals surface area contributed by atoms with Crippen LogP contribution in [-0.4, -0.2) is 15.3 Å². The predicted molar refractivity (Wildman–Crippen MR) is 85.6 cm³/mol. The van der Waals surface area contributed by atoms with Crippen LogP contribution in [0, 0.1) is 0 Å². The fourth-order valence-electron chi connectivity index (χ4n) is 2.85. The molecule has 0 spiro atoms. The van der Waals surface area contributed by atoms with Gasteiger partial charge in [0.2, 0.25) is 0 Å². The molecule has 1 aliphatic carbocycles. The zero-order valence-corrected chi connectivity index (χ0v) is 12.1. The first kappa shape index (κ1) is 14.4. The summed E-state index contributed by atoms with van der Waals surface area (Å²) in [5.41, 5.74) is 1.01. The summed E-state index contributed by atoms with van der Waals surface area (Å²) < 4.78 is 0. The second-order valence-electron chi connectivity index (χ2n) is 5.47. The number of aromatic hydroxyl groups is 1. The topological polar surface area (TPSA) is 60.7 Å². The summed E-state index contributed by atoms with van der Waals surface area (Å²) in [6, 6.07) is 16.0. The maximum absolute atomic E-state index is 11.5. The lowest BCUT2D eigenvalue weighted by Crippen LogP contribution is -2.30. The first-order chi connectivity index (χ1) is 10.6. The first-order valence-electron chi connectivity index (χ1n) is 7.27. The molecule has 1 unspecified atom stereocenters. The van der Waals surface area contributed by atoms with Gasteiger partial charge in [-0.15, -0.1) is 0 Å². The molecule has 2 aromatic rings. The number of rotatable bonds is 3. The molecule has 112 valence electrons. The first-order valence-corrected chi connectivity index (χ1v) is 7.27. The molecule has 1 atom stereocenters. The van der Waals surface area contributed by atoms with Gasteiger partial charge in [0.1, 0.15) is 11.4 Å². The molecule has 0 aliphatic heterocycles. The van der Waals surface area contributed by atoms with E-state index in [1.165, 1.54) is 0 Å². The summed E-state index contributed by atoms with van der Waals surface area (Å²) in [4.78, 5) is 0. The van der Waals surface area contributed by atoms with Gasteiger partial charge in [-0.3, -0.25) is 0 Å². The highest BCUT2D eigenvalue weighted by molar-refractivity contribution is 5.48. The Morgan fingerprint density at radius 1 is 0.727 bits per heavy atom. The monoisotopic (exact) mass is 294 g/mol. The Bertz CT molecular complexity index is 714. The van der Waals surface area contributed by atoms with Crippen molar-refractivity contribution >= 4 is 0 Å². The molecule has 1 aliphatic rings. The number of hydrogen-bond donors (Lipinski definition) is 3. The van der Waals surface area contributed by atoms with E-state index < -0.39 is 5.60 Å². The molecule has 3 heteroatoms. The van der Waals surface area contributed by atoms with E-state index in [0.29, 0.717) is 24.2 Å². The van der Waals surface area contributed by atoms with Gasteiger partial charge in [-0.1, -0.05) is 48.5 Å². The average Bonchev–Trinajstić information content (AvgIpc) is 2.56. The van der Waals surface area contributed by atoms with Crippen molar-refractivity contribution in [2.24, 2.45) is 0 Å². The normalized spacial score (nSPS) is 17.3. The molecule has 0 saturated heterocycles. The van der Waals surface area contributed by atoms with Crippen LogP contribution >= 0.6 is 0 Å². The minimum absolute atomic E-state index is 0.161. The van der Waals surface area contributed by atoms with Crippen LogP contribution in [0.1, 0.15) is 24.0 Å². The van der Waals surface area contributed by atoms with E-state index in [9.17, 15) is 15.3 Å². The number of phenolic OH excluding ortho intramolecular Hbond substituents is 1. The van der Waals surface area contributed by atoms with Crippen molar-refractivity contribution in [3.63, 3.8) is 0 Å². The number of allylic oxidation sites excluding steroid dienone is 3. The largest absolute Gasteiger partial charge is 0.512 e. The van der Waals surface area contributed by atoms with E-state index in [1.54, 1.807) is 36.4 Å². The molecule has 0 saturated carbocycles. The van der Waals surface area contributed by atoms with Crippen LogP contribution in [0.2, 0.25) is 0 Å². The minimum atomic E-state index is -1.27. The molecule has 3 N–H and O–H groups in total. The van der Waals surface area contributed by atoms with E-state index in [-0.39, 0.29) is 5.75 Å². The van der Waals surface area contributed by atoms with E-state index in [4.69, 9.17) is 0 Å². The summed E-state index contributed by atoms with van der Waals surface area (Å²) >= 11 is 0. The standard InChI is InChI=1S/C19H18O3/c20-17-10-6-15(7-11-17)19(22,14-4-2-1-3-5-14)16-8-12-18(21)13-9-16/h1-8,10-12,20-22H,9,13H2. The third-order valence-corrected chi connectivity index (χ3v) is 4.07. The van der Waals surface area contributed by atoms with Gasteiger partial charge in [0.05, 0.1) is 5.76 Å². The molecule has 0 heterocycles. The van der Waals surface area contributed by atoms with Gasteiger partial charge < -0.3 is 15.3 Å². The molecule has 22 heavy (non-hydrogen) atoms. The Labute approximate surface area is 129 Å². The highest BCUT2D eigenvalue weighted by atomic mass is 16.3. The van der Waals surface area contributed by atoms with Crippen molar-refractivity contribution in [1.29, 1.82) is 0 Å². The number of aliphatic hydroxyl groups excluding tert-OH is 1. The Kier molecular flexibility index (Phi) is 3.73. The summed E-state index contributed by atoms with van der Waals surface area (Å²) in [6.45, 7) is 0. The lowest BCUT2D eigenvalue weighted by atomic mass is 9.77. The summed E-state index contributed by atoms with van der Waals surface area (Å²) in [5, 5.41) is 30.6. The van der Waals surface area contributed by atoms with Gasteiger partial charge in [-0.05, 0) is 41.3 Å². The molecule has 0 amide bonds. The quantitative estimate of drug-likeness (QED) is 0.807. The highest BCUT2D eigenvalue weighted by Crippen LogP contribution is 2.40. The lowest BCUT2D eigenvalue weighted by molar-refractivity contribution is 0.115. The Hall–Kier alpha value is -2.52. The molecule has 3 rings (SSSR count). The molecule has 0 aromatic heterocycles. The number of phenols is 1. The van der Waals surface area contributed by atoms with Crippen molar-refractivity contribution in [3.05, 3.63) is 89.2 Å². The van der Waals surface area contributed by atoms with E-state index in [0.717, 1.165) is 11.1 Å². The van der Waals surface area contributed by atoms with Gasteiger partial charge in [0.15, 0.2) is 0 Å². The van der Waals surface area contributed by atoms with Crippen molar-refractivity contribution < 1.29 is 15.3 Å². The SMILES string of the molecule is OC1=CC=C(C(O)(c2ccccc2)c2ccc(O)cc2)CC1. The Morgan fingerprint density at radius 3 is 1.95 bits per heavy atom. The Balaban J connectivity index is 2.16. The molecule has 3 nitrogen and oxygen atoms in total. The zero-order valence-electron chi connectivity index (χ0n) is 12.1. The number of benzene rings is 2. The van der Waals surface area contributed by atoms with Crippen LogP contribution < -0.4 is 0 Å². The maximum atomic E-state index is 11.5. The van der Waals surface area contributed by atoms with E-state index in [2.05, 4.69) is 0 Å². The van der Waals surface area contributed by atoms with Crippen LogP contribution in [0.4, 0.5) is 0 Å². The van der Waals surface area contributed by atoms with Gasteiger partial charge in [-0.2, -0.15) is 0 Å². The van der Waals surface area contributed by atoms with Crippen molar-refractivity contribution in [2.75, 3.05) is 0 Å². The third-order valence-electron chi connectivity index (χ3n) is 4.07. The lowest BCUT2D eigenvalue weighted by Gasteiger charge is -2.33. The minimum Gasteiger partial charge on any atom is -0.512 e. The van der Waals surface area contributed by atoms with Crippen molar-refractivity contribution in [3.8, 4) is 5.75 Å². The van der Waals surface area contributed by atoms with E-state index in [1.807, 2.05) is 30.3 Å². The smallest absolute Gasteiger partial charge is 0.136 e. The molecule has 0 bridgehead atoms. The van der Waals surface area contributed by atoms with Crippen molar-refractivity contribution in [1.82, 2.24) is 0 Å². The van der Waals surface area contributed by atoms with Crippen LogP contribution in [0.25, 0.3) is 0 Å². The summed E-state index contributed by atoms with van der Waals surface area (Å²) in [5.74, 6) is 0.485. The maximum Gasteiger partial charge on any atom is 0.136 e. The predicted octanol–water partition coefficient (Wildman–Crippen LogP) is 3.79. The van der Waals surface area contributed by atoms with Crippen molar-refractivity contribution in [2.45, 2.75) is 18.4 Å². The van der Waals surface area contributed by atoms with Gasteiger partial charge in [0.25, 0.3) is 0 Å². The molecule has 2 aromatic carbocycles. The zero-order chi connectivity index (χ0) is 15.6. The summed E-state index contributed by atoms with van der Waals surface area (Å²) in [7, 11) is 0. The fourth-order valence-corrected chi connectivity index (χ4v) is 2.85. The molecular weight excluding hydrogens is 276 g/mol. The second-order valence-corrected chi connectivity index (χ2v) is 5.47. The van der Waals surface area contributed by atoms with Crippen LogP contribution in [0.15, 0.2) is 78.1 Å². The van der Waals surface area contributed by atoms with Crippen LogP contribution in [0.5, 0.6) is 5.75 Å². The van der Waals surface area contributed by atoms with E-state index >= 15 is 0 Å². The van der Waals surface area contributed by atoms with Crippen LogP contribution in [-0.2, 0) is 5.60 Å². The summed E-state index contributed by atoms with van der Waals surface area (Å²) in [6.07, 6.45) is 4.50. The fraction of sp³-hybridized carbons (Fsp3) is 0.158.